The lowest BCUT2D eigenvalue weighted by molar-refractivity contribution is 0.325. The summed E-state index contributed by atoms with van der Waals surface area (Å²) in [4.78, 5) is 4.21. The molecule has 90 valence electrons. The summed E-state index contributed by atoms with van der Waals surface area (Å²) in [6.07, 6.45) is 0. The van der Waals surface area contributed by atoms with E-state index in [-0.39, 0.29) is 17.8 Å². The highest BCUT2D eigenvalue weighted by Crippen LogP contribution is 2.21. The molecule has 1 heterocycles. The molecule has 1 aromatic carbocycles. The van der Waals surface area contributed by atoms with E-state index in [2.05, 4.69) is 10.1 Å². The Morgan fingerprint density at radius 2 is 1.88 bits per heavy atom. The average Bonchev–Trinajstić information content (AvgIpc) is 2.78. The molecule has 0 unspecified atom stereocenters. The third-order valence-electron chi connectivity index (χ3n) is 2.55. The van der Waals surface area contributed by atoms with Crippen LogP contribution in [0.2, 0.25) is 0 Å². The number of rotatable bonds is 3. The van der Waals surface area contributed by atoms with Crippen LogP contribution in [0.4, 0.5) is 4.39 Å². The van der Waals surface area contributed by atoms with E-state index in [0.29, 0.717) is 17.3 Å². The van der Waals surface area contributed by atoms with Gasteiger partial charge in [-0.1, -0.05) is 19.0 Å². The molecule has 2 N–H and O–H groups in total. The van der Waals surface area contributed by atoms with Gasteiger partial charge in [0.05, 0.1) is 6.04 Å². The summed E-state index contributed by atoms with van der Waals surface area (Å²) in [5.74, 6) is 0.753. The lowest BCUT2D eigenvalue weighted by atomic mass is 10.1. The van der Waals surface area contributed by atoms with Crippen LogP contribution < -0.4 is 5.73 Å². The van der Waals surface area contributed by atoms with Crippen molar-refractivity contribution < 1.29 is 8.91 Å². The van der Waals surface area contributed by atoms with Gasteiger partial charge in [-0.05, 0) is 30.2 Å². The molecule has 0 aliphatic heterocycles. The fourth-order valence-electron chi connectivity index (χ4n) is 1.37. The molecule has 1 atom stereocenters. The molecule has 0 bridgehead atoms. The summed E-state index contributed by atoms with van der Waals surface area (Å²) >= 11 is 0. The third-order valence-corrected chi connectivity index (χ3v) is 2.55. The maximum Gasteiger partial charge on any atom is 0.244 e. The summed E-state index contributed by atoms with van der Waals surface area (Å²) in [7, 11) is 0. The topological polar surface area (TPSA) is 64.9 Å². The SMILES string of the molecule is CC(C)[C@@H](N)c1nc(-c2ccc(F)cc2)no1. The van der Waals surface area contributed by atoms with E-state index < -0.39 is 0 Å². The lowest BCUT2D eigenvalue weighted by Crippen LogP contribution is -2.16. The molecule has 2 rings (SSSR count). The fraction of sp³-hybridized carbons (Fsp3) is 0.333. The van der Waals surface area contributed by atoms with Gasteiger partial charge >= 0.3 is 0 Å². The molecular formula is C12H14FN3O. The Morgan fingerprint density at radius 3 is 2.47 bits per heavy atom. The van der Waals surface area contributed by atoms with E-state index in [1.807, 2.05) is 13.8 Å². The van der Waals surface area contributed by atoms with Crippen molar-refractivity contribution in [2.45, 2.75) is 19.9 Å². The van der Waals surface area contributed by atoms with Crippen LogP contribution in [0.1, 0.15) is 25.8 Å². The smallest absolute Gasteiger partial charge is 0.244 e. The van der Waals surface area contributed by atoms with Gasteiger partial charge < -0.3 is 10.3 Å². The first-order chi connectivity index (χ1) is 8.08. The Bertz CT molecular complexity index is 493. The molecule has 17 heavy (non-hydrogen) atoms. The molecule has 0 saturated heterocycles. The van der Waals surface area contributed by atoms with E-state index in [0.717, 1.165) is 0 Å². The standard InChI is InChI=1S/C12H14FN3O/c1-7(2)10(14)12-15-11(16-17-12)8-3-5-9(13)6-4-8/h3-7,10H,14H2,1-2H3/t10-/m1/s1. The highest BCUT2D eigenvalue weighted by atomic mass is 19.1. The van der Waals surface area contributed by atoms with Crippen molar-refractivity contribution in [2.24, 2.45) is 11.7 Å². The van der Waals surface area contributed by atoms with Crippen molar-refractivity contribution in [3.63, 3.8) is 0 Å². The molecule has 0 amide bonds. The van der Waals surface area contributed by atoms with Crippen LogP contribution in [0.5, 0.6) is 0 Å². The number of nitrogens with zero attached hydrogens (tertiary/aromatic N) is 2. The van der Waals surface area contributed by atoms with Crippen LogP contribution in [-0.2, 0) is 0 Å². The minimum atomic E-state index is -0.295. The predicted molar refractivity (Wildman–Crippen MR) is 61.5 cm³/mol. The molecule has 5 heteroatoms. The zero-order chi connectivity index (χ0) is 12.4. The van der Waals surface area contributed by atoms with Crippen molar-refractivity contribution in [1.82, 2.24) is 10.1 Å². The first kappa shape index (κ1) is 11.7. The van der Waals surface area contributed by atoms with Crippen molar-refractivity contribution in [1.29, 1.82) is 0 Å². The van der Waals surface area contributed by atoms with Crippen LogP contribution in [-0.4, -0.2) is 10.1 Å². The summed E-state index contributed by atoms with van der Waals surface area (Å²) in [5, 5.41) is 3.83. The summed E-state index contributed by atoms with van der Waals surface area (Å²) in [6.45, 7) is 3.96. The van der Waals surface area contributed by atoms with E-state index in [1.54, 1.807) is 12.1 Å². The second-order valence-corrected chi connectivity index (χ2v) is 4.23. The fourth-order valence-corrected chi connectivity index (χ4v) is 1.37. The first-order valence-corrected chi connectivity index (χ1v) is 5.43. The Hall–Kier alpha value is -1.75. The largest absolute Gasteiger partial charge is 0.337 e. The Morgan fingerprint density at radius 1 is 1.24 bits per heavy atom. The van der Waals surface area contributed by atoms with Gasteiger partial charge in [-0.25, -0.2) is 4.39 Å². The van der Waals surface area contributed by atoms with Gasteiger partial charge in [-0.3, -0.25) is 0 Å². The second-order valence-electron chi connectivity index (χ2n) is 4.23. The highest BCUT2D eigenvalue weighted by molar-refractivity contribution is 5.53. The Balaban J connectivity index is 2.26. The minimum absolute atomic E-state index is 0.219. The highest BCUT2D eigenvalue weighted by Gasteiger charge is 2.18. The molecule has 0 fully saturated rings. The minimum Gasteiger partial charge on any atom is -0.337 e. The Labute approximate surface area is 98.6 Å². The van der Waals surface area contributed by atoms with Crippen LogP contribution in [0, 0.1) is 11.7 Å². The van der Waals surface area contributed by atoms with Crippen LogP contribution in [0.3, 0.4) is 0 Å². The maximum atomic E-state index is 12.8. The number of hydrogen-bond acceptors (Lipinski definition) is 4. The van der Waals surface area contributed by atoms with E-state index in [1.165, 1.54) is 12.1 Å². The molecule has 0 radical (unpaired) electrons. The molecule has 2 aromatic rings. The second kappa shape index (κ2) is 4.63. The van der Waals surface area contributed by atoms with Crippen molar-refractivity contribution >= 4 is 0 Å². The summed E-state index contributed by atoms with van der Waals surface area (Å²) < 4.78 is 17.8. The van der Waals surface area contributed by atoms with E-state index in [4.69, 9.17) is 10.3 Å². The molecular weight excluding hydrogens is 221 g/mol. The van der Waals surface area contributed by atoms with Crippen molar-refractivity contribution in [3.8, 4) is 11.4 Å². The van der Waals surface area contributed by atoms with Gasteiger partial charge in [0.2, 0.25) is 11.7 Å². The number of hydrogen-bond donors (Lipinski definition) is 1. The molecule has 0 aliphatic carbocycles. The van der Waals surface area contributed by atoms with Crippen molar-refractivity contribution in [2.75, 3.05) is 0 Å². The summed E-state index contributed by atoms with van der Waals surface area (Å²) in [5.41, 5.74) is 6.60. The third kappa shape index (κ3) is 2.50. The predicted octanol–water partition coefficient (Wildman–Crippen LogP) is 2.53. The van der Waals surface area contributed by atoms with Crippen LogP contribution >= 0.6 is 0 Å². The van der Waals surface area contributed by atoms with Gasteiger partial charge in [0.1, 0.15) is 5.82 Å². The Kier molecular flexibility index (Phi) is 3.19. The van der Waals surface area contributed by atoms with Gasteiger partial charge in [0, 0.05) is 5.56 Å². The zero-order valence-electron chi connectivity index (χ0n) is 9.72. The van der Waals surface area contributed by atoms with Crippen molar-refractivity contribution in [3.05, 3.63) is 36.0 Å². The average molecular weight is 235 g/mol. The van der Waals surface area contributed by atoms with Gasteiger partial charge in [0.25, 0.3) is 0 Å². The van der Waals surface area contributed by atoms with Crippen LogP contribution in [0.15, 0.2) is 28.8 Å². The number of halogens is 1. The van der Waals surface area contributed by atoms with Crippen LogP contribution in [0.25, 0.3) is 11.4 Å². The quantitative estimate of drug-likeness (QED) is 0.887. The number of aromatic nitrogens is 2. The zero-order valence-corrected chi connectivity index (χ0v) is 9.72. The molecule has 0 saturated carbocycles. The monoisotopic (exact) mass is 235 g/mol. The normalized spacial score (nSPS) is 13.0. The molecule has 0 aliphatic rings. The molecule has 1 aromatic heterocycles. The lowest BCUT2D eigenvalue weighted by Gasteiger charge is -2.09. The number of benzene rings is 1. The number of nitrogens with two attached hydrogens (primary N) is 1. The van der Waals surface area contributed by atoms with Gasteiger partial charge in [-0.2, -0.15) is 4.98 Å². The van der Waals surface area contributed by atoms with E-state index in [9.17, 15) is 4.39 Å². The molecule has 4 nitrogen and oxygen atoms in total. The van der Waals surface area contributed by atoms with E-state index >= 15 is 0 Å². The molecule has 0 spiro atoms. The van der Waals surface area contributed by atoms with Gasteiger partial charge in [-0.15, -0.1) is 0 Å². The first-order valence-electron chi connectivity index (χ1n) is 5.43. The summed E-state index contributed by atoms with van der Waals surface area (Å²) in [6, 6.07) is 5.63. The van der Waals surface area contributed by atoms with Gasteiger partial charge in [0.15, 0.2) is 0 Å². The maximum absolute atomic E-state index is 12.8.